The molecule has 2 N–H and O–H groups in total. The second-order valence-electron chi connectivity index (χ2n) is 2.84. The number of primary amides is 1. The number of amides is 1. The van der Waals surface area contributed by atoms with Crippen molar-refractivity contribution in [3.63, 3.8) is 0 Å². The minimum Gasteiger partial charge on any atom is -0.380 e. The number of nitrogens with two attached hydrogens (primary N) is 1. The first-order valence-electron chi connectivity index (χ1n) is 4.06. The Bertz CT molecular complexity index is 414. The molecule has 1 aromatic heterocycles. The molecule has 1 fully saturated rings. The number of carbonyl (C=O) groups excluding carboxylic acids is 1. The van der Waals surface area contributed by atoms with Crippen molar-refractivity contribution in [3.05, 3.63) is 5.01 Å². The fourth-order valence-electron chi connectivity index (χ4n) is 0.779. The van der Waals surface area contributed by atoms with Crippen LogP contribution in [0.4, 0.5) is 4.79 Å². The summed E-state index contributed by atoms with van der Waals surface area (Å²) in [6, 6.07) is 0. The van der Waals surface area contributed by atoms with Crippen molar-refractivity contribution < 1.29 is 9.53 Å². The topological polar surface area (TPSA) is 78.1 Å². The van der Waals surface area contributed by atoms with Crippen LogP contribution in [0.5, 0.6) is 5.19 Å². The van der Waals surface area contributed by atoms with Gasteiger partial charge in [0.15, 0.2) is 5.01 Å². The van der Waals surface area contributed by atoms with Gasteiger partial charge in [-0.1, -0.05) is 11.0 Å². The van der Waals surface area contributed by atoms with Crippen molar-refractivity contribution in [1.82, 2.24) is 10.2 Å². The predicted molar refractivity (Wildman–Crippen MR) is 49.7 cm³/mol. The Kier molecular flexibility index (Phi) is 2.33. The van der Waals surface area contributed by atoms with Crippen molar-refractivity contribution in [2.24, 2.45) is 11.7 Å². The van der Waals surface area contributed by atoms with Gasteiger partial charge in [0.1, 0.15) is 0 Å². The van der Waals surface area contributed by atoms with E-state index in [-0.39, 0.29) is 5.19 Å². The maximum Gasteiger partial charge on any atom is 0.411 e. The number of hydrogen-bond donors (Lipinski definition) is 1. The maximum absolute atomic E-state index is 10.4. The van der Waals surface area contributed by atoms with Crippen molar-refractivity contribution >= 4 is 17.4 Å². The number of nitrogens with zero attached hydrogens (tertiary/aromatic N) is 2. The van der Waals surface area contributed by atoms with E-state index in [1.54, 1.807) is 0 Å². The maximum atomic E-state index is 10.4. The lowest BCUT2D eigenvalue weighted by atomic mass is 10.4. The van der Waals surface area contributed by atoms with Crippen molar-refractivity contribution in [1.29, 1.82) is 0 Å². The molecular weight excluding hydrogens is 202 g/mol. The van der Waals surface area contributed by atoms with E-state index in [9.17, 15) is 4.79 Å². The zero-order valence-corrected chi connectivity index (χ0v) is 8.00. The molecule has 1 saturated carbocycles. The predicted octanol–water partition coefficient (Wildman–Crippen LogP) is 0.757. The Labute approximate surface area is 84.3 Å². The van der Waals surface area contributed by atoms with Crippen molar-refractivity contribution in [2.45, 2.75) is 12.8 Å². The molecule has 6 heteroatoms. The summed E-state index contributed by atoms with van der Waals surface area (Å²) in [5.74, 6) is 6.40. The van der Waals surface area contributed by atoms with E-state index in [0.29, 0.717) is 10.9 Å². The summed E-state index contributed by atoms with van der Waals surface area (Å²) >= 11 is 1.11. The molecule has 14 heavy (non-hydrogen) atoms. The molecule has 1 amide bonds. The van der Waals surface area contributed by atoms with Crippen LogP contribution in [0, 0.1) is 17.8 Å². The van der Waals surface area contributed by atoms with E-state index in [2.05, 4.69) is 26.8 Å². The number of hydrogen-bond acceptors (Lipinski definition) is 5. The normalized spacial score (nSPS) is 14.3. The van der Waals surface area contributed by atoms with Crippen molar-refractivity contribution in [2.75, 3.05) is 0 Å². The molecule has 0 atom stereocenters. The van der Waals surface area contributed by atoms with E-state index in [4.69, 9.17) is 5.73 Å². The van der Waals surface area contributed by atoms with Crippen LogP contribution >= 0.6 is 11.3 Å². The van der Waals surface area contributed by atoms with Crippen LogP contribution in [-0.2, 0) is 0 Å². The smallest absolute Gasteiger partial charge is 0.380 e. The summed E-state index contributed by atoms with van der Waals surface area (Å²) in [5.41, 5.74) is 4.81. The molecule has 0 bridgehead atoms. The highest BCUT2D eigenvalue weighted by Crippen LogP contribution is 2.27. The highest BCUT2D eigenvalue weighted by molar-refractivity contribution is 7.13. The average Bonchev–Trinajstić information content (AvgIpc) is 2.84. The SMILES string of the molecule is NC(=O)Oc1nnc(C#CC2CC2)s1. The molecule has 0 spiro atoms. The van der Waals surface area contributed by atoms with Gasteiger partial charge in [-0.05, 0) is 30.1 Å². The van der Waals surface area contributed by atoms with Crippen LogP contribution in [0.1, 0.15) is 17.8 Å². The number of ether oxygens (including phenoxy) is 1. The first-order valence-corrected chi connectivity index (χ1v) is 4.88. The molecule has 5 nitrogen and oxygen atoms in total. The van der Waals surface area contributed by atoms with Gasteiger partial charge in [-0.15, -0.1) is 5.10 Å². The first-order chi connectivity index (χ1) is 6.74. The zero-order valence-electron chi connectivity index (χ0n) is 7.19. The summed E-state index contributed by atoms with van der Waals surface area (Å²) < 4.78 is 4.53. The Hall–Kier alpha value is -1.61. The van der Waals surface area contributed by atoms with Gasteiger partial charge >= 0.3 is 11.3 Å². The average molecular weight is 209 g/mol. The van der Waals surface area contributed by atoms with Crippen LogP contribution in [0.25, 0.3) is 0 Å². The molecule has 1 heterocycles. The minimum atomic E-state index is -0.886. The van der Waals surface area contributed by atoms with Gasteiger partial charge in [-0.2, -0.15) is 0 Å². The Morgan fingerprint density at radius 3 is 3.00 bits per heavy atom. The Balaban J connectivity index is 2.02. The monoisotopic (exact) mass is 209 g/mol. The highest BCUT2D eigenvalue weighted by Gasteiger charge is 2.18. The Morgan fingerprint density at radius 1 is 1.57 bits per heavy atom. The molecular formula is C8H7N3O2S. The Morgan fingerprint density at radius 2 is 2.36 bits per heavy atom. The van der Waals surface area contributed by atoms with Gasteiger partial charge in [0.05, 0.1) is 0 Å². The molecule has 0 unspecified atom stereocenters. The summed E-state index contributed by atoms with van der Waals surface area (Å²) in [5, 5.41) is 8.01. The summed E-state index contributed by atoms with van der Waals surface area (Å²) in [4.78, 5) is 10.4. The summed E-state index contributed by atoms with van der Waals surface area (Å²) in [6.07, 6.45) is 1.44. The molecule has 0 radical (unpaired) electrons. The van der Waals surface area contributed by atoms with Gasteiger partial charge in [-0.25, -0.2) is 4.79 Å². The van der Waals surface area contributed by atoms with Gasteiger partial charge < -0.3 is 10.5 Å². The largest absolute Gasteiger partial charge is 0.411 e. The van der Waals surface area contributed by atoms with Gasteiger partial charge in [0.25, 0.3) is 0 Å². The van der Waals surface area contributed by atoms with Crippen LogP contribution in [-0.4, -0.2) is 16.3 Å². The molecule has 0 aromatic carbocycles. The molecule has 0 saturated heterocycles. The lowest BCUT2D eigenvalue weighted by Gasteiger charge is -1.88. The van der Waals surface area contributed by atoms with Gasteiger partial charge in [0.2, 0.25) is 0 Å². The van der Waals surface area contributed by atoms with Crippen LogP contribution in [0.2, 0.25) is 0 Å². The third-order valence-electron chi connectivity index (χ3n) is 1.55. The number of rotatable bonds is 1. The molecule has 1 aliphatic rings. The van der Waals surface area contributed by atoms with Gasteiger partial charge in [-0.3, -0.25) is 0 Å². The van der Waals surface area contributed by atoms with Crippen LogP contribution in [0.3, 0.4) is 0 Å². The fraction of sp³-hybridized carbons (Fsp3) is 0.375. The van der Waals surface area contributed by atoms with E-state index < -0.39 is 6.09 Å². The standard InChI is InChI=1S/C8H7N3O2S/c9-7(12)13-8-11-10-6(14-8)4-3-5-1-2-5/h5H,1-2H2,(H2,9,12). The van der Waals surface area contributed by atoms with Crippen LogP contribution < -0.4 is 10.5 Å². The van der Waals surface area contributed by atoms with Gasteiger partial charge in [0, 0.05) is 5.92 Å². The van der Waals surface area contributed by atoms with E-state index >= 15 is 0 Å². The third-order valence-corrected chi connectivity index (χ3v) is 2.27. The number of carbonyl (C=O) groups is 1. The van der Waals surface area contributed by atoms with Crippen molar-refractivity contribution in [3.8, 4) is 17.0 Å². The lowest BCUT2D eigenvalue weighted by Crippen LogP contribution is -2.15. The molecule has 1 aliphatic carbocycles. The quantitative estimate of drug-likeness (QED) is 0.692. The fourth-order valence-corrected chi connectivity index (χ4v) is 1.34. The third kappa shape index (κ3) is 2.44. The zero-order chi connectivity index (χ0) is 9.97. The minimum absolute atomic E-state index is 0.137. The van der Waals surface area contributed by atoms with E-state index in [1.165, 1.54) is 0 Å². The summed E-state index contributed by atoms with van der Waals surface area (Å²) in [7, 11) is 0. The highest BCUT2D eigenvalue weighted by atomic mass is 32.1. The second-order valence-corrected chi connectivity index (χ2v) is 3.78. The molecule has 0 aliphatic heterocycles. The lowest BCUT2D eigenvalue weighted by molar-refractivity contribution is 0.210. The summed E-state index contributed by atoms with van der Waals surface area (Å²) in [6.45, 7) is 0. The number of aromatic nitrogens is 2. The molecule has 72 valence electrons. The van der Waals surface area contributed by atoms with E-state index in [0.717, 1.165) is 24.2 Å². The molecule has 1 aromatic rings. The van der Waals surface area contributed by atoms with Crippen LogP contribution in [0.15, 0.2) is 0 Å². The van der Waals surface area contributed by atoms with E-state index in [1.807, 2.05) is 0 Å². The second kappa shape index (κ2) is 3.64. The molecule has 2 rings (SSSR count). The first kappa shape index (κ1) is 8.97.